The van der Waals surface area contributed by atoms with Crippen LogP contribution in [-0.4, -0.2) is 32.1 Å². The topological polar surface area (TPSA) is 51.0 Å². The standard InChI is InChI=1S/C22H18N4O/c27-22(21-19-9-5-4-6-16(19)10-12-23-21)25-13-11-20-17(15-25)14-24-26(20)18-7-2-1-3-8-18/h1-10,12,14H,11,13,15H2. The molecule has 0 saturated carbocycles. The minimum atomic E-state index is -0.0232. The molecule has 0 atom stereocenters. The van der Waals surface area contributed by atoms with Crippen molar-refractivity contribution in [3.63, 3.8) is 0 Å². The quantitative estimate of drug-likeness (QED) is 0.552. The number of fused-ring (bicyclic) bond motifs is 2. The van der Waals surface area contributed by atoms with Gasteiger partial charge in [0.05, 0.1) is 17.6 Å². The molecule has 3 heterocycles. The zero-order chi connectivity index (χ0) is 18.2. The van der Waals surface area contributed by atoms with Crippen LogP contribution >= 0.6 is 0 Å². The molecule has 1 amide bonds. The van der Waals surface area contributed by atoms with Crippen molar-refractivity contribution >= 4 is 16.7 Å². The summed E-state index contributed by atoms with van der Waals surface area (Å²) < 4.78 is 1.98. The largest absolute Gasteiger partial charge is 0.332 e. The summed E-state index contributed by atoms with van der Waals surface area (Å²) in [7, 11) is 0. The van der Waals surface area contributed by atoms with Crippen molar-refractivity contribution in [1.29, 1.82) is 0 Å². The molecule has 2 aromatic carbocycles. The summed E-state index contributed by atoms with van der Waals surface area (Å²) in [5, 5.41) is 6.48. The van der Waals surface area contributed by atoms with Gasteiger partial charge in [-0.25, -0.2) is 4.68 Å². The number of pyridine rings is 1. The number of carbonyl (C=O) groups is 1. The molecule has 5 nitrogen and oxygen atoms in total. The van der Waals surface area contributed by atoms with Crippen LogP contribution in [0.25, 0.3) is 16.5 Å². The Hall–Kier alpha value is -3.47. The normalized spacial score (nSPS) is 13.6. The molecule has 0 spiro atoms. The zero-order valence-corrected chi connectivity index (χ0v) is 14.7. The van der Waals surface area contributed by atoms with E-state index in [0.717, 1.165) is 28.4 Å². The van der Waals surface area contributed by atoms with Crippen LogP contribution in [0.2, 0.25) is 0 Å². The van der Waals surface area contributed by atoms with E-state index in [9.17, 15) is 4.79 Å². The van der Waals surface area contributed by atoms with E-state index in [-0.39, 0.29) is 5.91 Å². The highest BCUT2D eigenvalue weighted by Crippen LogP contribution is 2.24. The second-order valence-corrected chi connectivity index (χ2v) is 6.72. The Bertz CT molecular complexity index is 1130. The molecule has 1 aliphatic heterocycles. The van der Waals surface area contributed by atoms with E-state index in [1.165, 1.54) is 5.69 Å². The number of hydrogen-bond acceptors (Lipinski definition) is 3. The van der Waals surface area contributed by atoms with Crippen LogP contribution in [0.15, 0.2) is 73.1 Å². The molecular formula is C22H18N4O. The summed E-state index contributed by atoms with van der Waals surface area (Å²) in [6.07, 6.45) is 4.36. The maximum absolute atomic E-state index is 13.1. The van der Waals surface area contributed by atoms with Crippen molar-refractivity contribution in [1.82, 2.24) is 19.7 Å². The number of benzene rings is 2. The summed E-state index contributed by atoms with van der Waals surface area (Å²) >= 11 is 0. The van der Waals surface area contributed by atoms with Gasteiger partial charge in [-0.2, -0.15) is 5.10 Å². The Morgan fingerprint density at radius 3 is 2.67 bits per heavy atom. The lowest BCUT2D eigenvalue weighted by atomic mass is 10.1. The second-order valence-electron chi connectivity index (χ2n) is 6.72. The Morgan fingerprint density at radius 2 is 1.78 bits per heavy atom. The lowest BCUT2D eigenvalue weighted by molar-refractivity contribution is 0.0730. The smallest absolute Gasteiger partial charge is 0.273 e. The summed E-state index contributed by atoms with van der Waals surface area (Å²) in [5.74, 6) is -0.0232. The van der Waals surface area contributed by atoms with Gasteiger partial charge in [0.2, 0.25) is 0 Å². The fourth-order valence-corrected chi connectivity index (χ4v) is 3.74. The summed E-state index contributed by atoms with van der Waals surface area (Å²) in [6.45, 7) is 1.22. The Kier molecular flexibility index (Phi) is 3.71. The number of rotatable bonds is 2. The molecule has 27 heavy (non-hydrogen) atoms. The van der Waals surface area contributed by atoms with E-state index in [1.807, 2.05) is 76.4 Å². The maximum Gasteiger partial charge on any atom is 0.273 e. The predicted molar refractivity (Wildman–Crippen MR) is 104 cm³/mol. The first-order valence-electron chi connectivity index (χ1n) is 9.05. The van der Waals surface area contributed by atoms with E-state index < -0.39 is 0 Å². The lowest BCUT2D eigenvalue weighted by Gasteiger charge is -2.27. The van der Waals surface area contributed by atoms with Gasteiger partial charge in [-0.15, -0.1) is 0 Å². The highest BCUT2D eigenvalue weighted by molar-refractivity contribution is 6.05. The van der Waals surface area contributed by atoms with Crippen molar-refractivity contribution in [2.24, 2.45) is 0 Å². The molecule has 0 bridgehead atoms. The van der Waals surface area contributed by atoms with Crippen LogP contribution in [0.5, 0.6) is 0 Å². The first kappa shape index (κ1) is 15.8. The van der Waals surface area contributed by atoms with E-state index in [1.54, 1.807) is 6.20 Å². The third-order valence-corrected chi connectivity index (χ3v) is 5.10. The summed E-state index contributed by atoms with van der Waals surface area (Å²) in [5.41, 5.74) is 3.84. The van der Waals surface area contributed by atoms with Crippen molar-refractivity contribution in [2.45, 2.75) is 13.0 Å². The van der Waals surface area contributed by atoms with Gasteiger partial charge in [0.25, 0.3) is 5.91 Å². The first-order valence-corrected chi connectivity index (χ1v) is 9.05. The Labute approximate surface area is 156 Å². The van der Waals surface area contributed by atoms with Crippen LogP contribution in [0.4, 0.5) is 0 Å². The number of hydrogen-bond donors (Lipinski definition) is 0. The van der Waals surface area contributed by atoms with Crippen molar-refractivity contribution in [3.8, 4) is 5.69 Å². The van der Waals surface area contributed by atoms with Gasteiger partial charge in [-0.1, -0.05) is 42.5 Å². The minimum Gasteiger partial charge on any atom is -0.332 e. The molecule has 5 heteroatoms. The summed E-state index contributed by atoms with van der Waals surface area (Å²) in [4.78, 5) is 19.4. The van der Waals surface area contributed by atoms with Gasteiger partial charge in [0, 0.05) is 36.7 Å². The number of carbonyl (C=O) groups excluding carboxylic acids is 1. The van der Waals surface area contributed by atoms with Crippen LogP contribution in [-0.2, 0) is 13.0 Å². The molecule has 0 fully saturated rings. The van der Waals surface area contributed by atoms with Crippen LogP contribution in [0.3, 0.4) is 0 Å². The zero-order valence-electron chi connectivity index (χ0n) is 14.7. The molecule has 0 aliphatic carbocycles. The van der Waals surface area contributed by atoms with Gasteiger partial charge in [-0.3, -0.25) is 9.78 Å². The van der Waals surface area contributed by atoms with E-state index in [2.05, 4.69) is 10.1 Å². The Morgan fingerprint density at radius 1 is 0.963 bits per heavy atom. The fourth-order valence-electron chi connectivity index (χ4n) is 3.74. The summed E-state index contributed by atoms with van der Waals surface area (Å²) in [6, 6.07) is 19.9. The molecule has 4 aromatic rings. The fraction of sp³-hybridized carbons (Fsp3) is 0.136. The molecule has 0 saturated heterocycles. The van der Waals surface area contributed by atoms with Crippen molar-refractivity contribution in [2.75, 3.05) is 6.54 Å². The van der Waals surface area contributed by atoms with Crippen molar-refractivity contribution < 1.29 is 4.79 Å². The number of para-hydroxylation sites is 1. The van der Waals surface area contributed by atoms with Gasteiger partial charge in [0.1, 0.15) is 5.69 Å². The predicted octanol–water partition coefficient (Wildman–Crippen LogP) is 3.62. The molecule has 5 rings (SSSR count). The van der Waals surface area contributed by atoms with E-state index >= 15 is 0 Å². The number of aromatic nitrogens is 3. The molecule has 1 aliphatic rings. The average molecular weight is 354 g/mol. The van der Waals surface area contributed by atoms with Crippen LogP contribution in [0, 0.1) is 0 Å². The minimum absolute atomic E-state index is 0.0232. The van der Waals surface area contributed by atoms with Crippen LogP contribution < -0.4 is 0 Å². The van der Waals surface area contributed by atoms with Crippen LogP contribution in [0.1, 0.15) is 21.7 Å². The van der Waals surface area contributed by atoms with E-state index in [4.69, 9.17) is 0 Å². The molecule has 2 aromatic heterocycles. The maximum atomic E-state index is 13.1. The number of nitrogens with zero attached hydrogens (tertiary/aromatic N) is 4. The molecule has 0 radical (unpaired) electrons. The molecule has 132 valence electrons. The second kappa shape index (κ2) is 6.36. The van der Waals surface area contributed by atoms with E-state index in [0.29, 0.717) is 18.8 Å². The first-order chi connectivity index (χ1) is 13.3. The highest BCUT2D eigenvalue weighted by Gasteiger charge is 2.26. The SMILES string of the molecule is O=C(c1nccc2ccccc12)N1CCc2c(cnn2-c2ccccc2)C1. The number of amides is 1. The average Bonchev–Trinajstić information content (AvgIpc) is 3.17. The molecule has 0 N–H and O–H groups in total. The highest BCUT2D eigenvalue weighted by atomic mass is 16.2. The third kappa shape index (κ3) is 2.68. The van der Waals surface area contributed by atoms with Gasteiger partial charge < -0.3 is 4.90 Å². The van der Waals surface area contributed by atoms with Crippen molar-refractivity contribution in [3.05, 3.63) is 90.0 Å². The third-order valence-electron chi connectivity index (χ3n) is 5.10. The Balaban J connectivity index is 1.46. The lowest BCUT2D eigenvalue weighted by Crippen LogP contribution is -2.36. The molecule has 0 unspecified atom stereocenters. The van der Waals surface area contributed by atoms with Gasteiger partial charge in [-0.05, 0) is 23.6 Å². The monoisotopic (exact) mass is 354 g/mol. The van der Waals surface area contributed by atoms with Gasteiger partial charge >= 0.3 is 0 Å². The van der Waals surface area contributed by atoms with Gasteiger partial charge in [0.15, 0.2) is 0 Å². The molecular weight excluding hydrogens is 336 g/mol.